The summed E-state index contributed by atoms with van der Waals surface area (Å²) in [5, 5.41) is 4.71. The molecule has 0 spiro atoms. The summed E-state index contributed by atoms with van der Waals surface area (Å²) in [4.78, 5) is 12.8. The zero-order chi connectivity index (χ0) is 17.8. The van der Waals surface area contributed by atoms with Crippen LogP contribution in [0.3, 0.4) is 0 Å². The van der Waals surface area contributed by atoms with Crippen molar-refractivity contribution >= 4 is 50.5 Å². The van der Waals surface area contributed by atoms with Crippen LogP contribution in [0.25, 0.3) is 10.1 Å². The molecule has 1 heterocycles. The van der Waals surface area contributed by atoms with E-state index in [-0.39, 0.29) is 5.91 Å². The van der Waals surface area contributed by atoms with Gasteiger partial charge in [0, 0.05) is 15.1 Å². The van der Waals surface area contributed by atoms with Crippen LogP contribution in [0.1, 0.15) is 9.67 Å². The van der Waals surface area contributed by atoms with Gasteiger partial charge in [0.15, 0.2) is 0 Å². The number of rotatable bonds is 6. The molecular weight excluding hydrogens is 381 g/mol. The highest BCUT2D eigenvalue weighted by Gasteiger charge is 2.16. The molecule has 3 rings (SSSR count). The van der Waals surface area contributed by atoms with Crippen molar-refractivity contribution in [2.45, 2.75) is 0 Å². The topological polar surface area (TPSA) is 47.6 Å². The molecule has 0 bridgehead atoms. The van der Waals surface area contributed by atoms with Crippen LogP contribution in [0.4, 0.5) is 0 Å². The number of thiophene rings is 1. The third kappa shape index (κ3) is 4.18. The number of fused-ring (bicyclic) bond motifs is 1. The Kier molecular flexibility index (Phi) is 5.68. The molecule has 1 aromatic heterocycles. The van der Waals surface area contributed by atoms with Gasteiger partial charge in [-0.2, -0.15) is 0 Å². The number of methoxy groups -OCH3 is 1. The van der Waals surface area contributed by atoms with E-state index in [9.17, 15) is 4.79 Å². The van der Waals surface area contributed by atoms with E-state index in [1.54, 1.807) is 19.2 Å². The number of amides is 1. The van der Waals surface area contributed by atoms with Crippen molar-refractivity contribution in [1.29, 1.82) is 0 Å². The summed E-state index contributed by atoms with van der Waals surface area (Å²) in [6.07, 6.45) is 0. The third-order valence-corrected chi connectivity index (χ3v) is 5.40. The molecule has 3 aromatic rings. The SMILES string of the molecule is COc1ccc(OCCNC(=O)c2sc3cc(Cl)ccc3c2Cl)cc1. The van der Waals surface area contributed by atoms with Crippen LogP contribution in [0, 0.1) is 0 Å². The van der Waals surface area contributed by atoms with Crippen LogP contribution in [0.5, 0.6) is 11.5 Å². The number of benzene rings is 2. The van der Waals surface area contributed by atoms with Crippen molar-refractivity contribution in [3.8, 4) is 11.5 Å². The first kappa shape index (κ1) is 17.9. The lowest BCUT2D eigenvalue weighted by Crippen LogP contribution is -2.27. The van der Waals surface area contributed by atoms with E-state index in [0.29, 0.717) is 33.8 Å². The van der Waals surface area contributed by atoms with Crippen LogP contribution >= 0.6 is 34.5 Å². The van der Waals surface area contributed by atoms with Crippen molar-refractivity contribution in [1.82, 2.24) is 5.32 Å². The van der Waals surface area contributed by atoms with Gasteiger partial charge in [-0.3, -0.25) is 4.79 Å². The summed E-state index contributed by atoms with van der Waals surface area (Å²) in [6, 6.07) is 12.6. The second-order valence-electron chi connectivity index (χ2n) is 5.17. The van der Waals surface area contributed by atoms with Crippen molar-refractivity contribution in [2.24, 2.45) is 0 Å². The van der Waals surface area contributed by atoms with E-state index < -0.39 is 0 Å². The van der Waals surface area contributed by atoms with E-state index in [0.717, 1.165) is 15.8 Å². The molecule has 0 unspecified atom stereocenters. The Morgan fingerprint density at radius 1 is 1.12 bits per heavy atom. The molecule has 0 aliphatic heterocycles. The second-order valence-corrected chi connectivity index (χ2v) is 7.03. The van der Waals surface area contributed by atoms with Gasteiger partial charge in [0.05, 0.1) is 18.7 Å². The monoisotopic (exact) mass is 395 g/mol. The molecule has 2 aromatic carbocycles. The standard InChI is InChI=1S/C18H15Cl2NO3S/c1-23-12-3-5-13(6-4-12)24-9-8-21-18(22)17-16(20)14-7-2-11(19)10-15(14)25-17/h2-7,10H,8-9H2,1H3,(H,21,22). The highest BCUT2D eigenvalue weighted by molar-refractivity contribution is 7.21. The highest BCUT2D eigenvalue weighted by Crippen LogP contribution is 2.36. The van der Waals surface area contributed by atoms with E-state index in [1.165, 1.54) is 11.3 Å². The minimum atomic E-state index is -0.222. The summed E-state index contributed by atoms with van der Waals surface area (Å²) in [7, 11) is 1.61. The molecule has 0 radical (unpaired) electrons. The van der Waals surface area contributed by atoms with Crippen LogP contribution in [0.2, 0.25) is 10.0 Å². The van der Waals surface area contributed by atoms with Gasteiger partial charge in [-0.1, -0.05) is 29.3 Å². The molecule has 0 aliphatic rings. The van der Waals surface area contributed by atoms with Crippen molar-refractivity contribution < 1.29 is 14.3 Å². The minimum Gasteiger partial charge on any atom is -0.497 e. The molecule has 0 aliphatic carbocycles. The maximum Gasteiger partial charge on any atom is 0.263 e. The van der Waals surface area contributed by atoms with Gasteiger partial charge in [0.1, 0.15) is 23.0 Å². The third-order valence-electron chi connectivity index (χ3n) is 3.51. The van der Waals surface area contributed by atoms with Crippen LogP contribution in [0.15, 0.2) is 42.5 Å². The zero-order valence-electron chi connectivity index (χ0n) is 13.3. The van der Waals surface area contributed by atoms with E-state index in [1.807, 2.05) is 30.3 Å². The Hall–Kier alpha value is -1.95. The van der Waals surface area contributed by atoms with Gasteiger partial charge in [-0.15, -0.1) is 11.3 Å². The maximum atomic E-state index is 12.3. The lowest BCUT2D eigenvalue weighted by atomic mass is 10.2. The number of nitrogens with one attached hydrogen (secondary N) is 1. The molecule has 1 N–H and O–H groups in total. The van der Waals surface area contributed by atoms with Crippen LogP contribution < -0.4 is 14.8 Å². The summed E-state index contributed by atoms with van der Waals surface area (Å²) >= 11 is 13.6. The first-order valence-corrected chi connectivity index (χ1v) is 9.08. The molecule has 0 fully saturated rings. The molecule has 4 nitrogen and oxygen atoms in total. The number of hydrogen-bond donors (Lipinski definition) is 1. The number of carbonyl (C=O) groups is 1. The van der Waals surface area contributed by atoms with Crippen molar-refractivity contribution in [3.05, 3.63) is 57.4 Å². The lowest BCUT2D eigenvalue weighted by molar-refractivity contribution is 0.0951. The minimum absolute atomic E-state index is 0.222. The second kappa shape index (κ2) is 7.95. The van der Waals surface area contributed by atoms with Crippen LogP contribution in [-0.2, 0) is 0 Å². The van der Waals surface area contributed by atoms with E-state index in [2.05, 4.69) is 5.32 Å². The first-order chi connectivity index (χ1) is 12.1. The van der Waals surface area contributed by atoms with E-state index in [4.69, 9.17) is 32.7 Å². The Labute approximate surface area is 159 Å². The van der Waals surface area contributed by atoms with Crippen molar-refractivity contribution in [2.75, 3.05) is 20.3 Å². The van der Waals surface area contributed by atoms with Gasteiger partial charge in [0.2, 0.25) is 0 Å². The fraction of sp³-hybridized carbons (Fsp3) is 0.167. The normalized spacial score (nSPS) is 10.7. The molecule has 0 saturated heterocycles. The molecule has 0 atom stereocenters. The average molecular weight is 396 g/mol. The van der Waals surface area contributed by atoms with Gasteiger partial charge in [0.25, 0.3) is 5.91 Å². The van der Waals surface area contributed by atoms with Gasteiger partial charge in [-0.05, 0) is 36.4 Å². The quantitative estimate of drug-likeness (QED) is 0.595. The Balaban J connectivity index is 1.56. The molecule has 130 valence electrons. The zero-order valence-corrected chi connectivity index (χ0v) is 15.7. The predicted octanol–water partition coefficient (Wildman–Crippen LogP) is 5.03. The van der Waals surface area contributed by atoms with Crippen molar-refractivity contribution in [3.63, 3.8) is 0 Å². The summed E-state index contributed by atoms with van der Waals surface area (Å²) in [5.41, 5.74) is 0. The molecule has 1 amide bonds. The summed E-state index contributed by atoms with van der Waals surface area (Å²) in [6.45, 7) is 0.725. The fourth-order valence-corrected chi connectivity index (χ4v) is 3.98. The molecule has 25 heavy (non-hydrogen) atoms. The average Bonchev–Trinajstić information content (AvgIpc) is 2.95. The Morgan fingerprint density at radius 2 is 1.84 bits per heavy atom. The summed E-state index contributed by atoms with van der Waals surface area (Å²) < 4.78 is 11.6. The summed E-state index contributed by atoms with van der Waals surface area (Å²) in [5.74, 6) is 1.25. The maximum absolute atomic E-state index is 12.3. The number of halogens is 2. The largest absolute Gasteiger partial charge is 0.497 e. The molecular formula is C18H15Cl2NO3S. The highest BCUT2D eigenvalue weighted by atomic mass is 35.5. The first-order valence-electron chi connectivity index (χ1n) is 7.51. The smallest absolute Gasteiger partial charge is 0.263 e. The Morgan fingerprint density at radius 3 is 2.56 bits per heavy atom. The Bertz CT molecular complexity index is 893. The van der Waals surface area contributed by atoms with E-state index >= 15 is 0 Å². The molecule has 7 heteroatoms. The molecule has 0 saturated carbocycles. The van der Waals surface area contributed by atoms with Gasteiger partial charge < -0.3 is 14.8 Å². The fourth-order valence-electron chi connectivity index (χ4n) is 2.27. The number of hydrogen-bond acceptors (Lipinski definition) is 4. The van der Waals surface area contributed by atoms with Gasteiger partial charge >= 0.3 is 0 Å². The lowest BCUT2D eigenvalue weighted by Gasteiger charge is -2.08. The number of ether oxygens (including phenoxy) is 2. The van der Waals surface area contributed by atoms with Gasteiger partial charge in [-0.25, -0.2) is 0 Å². The van der Waals surface area contributed by atoms with Crippen LogP contribution in [-0.4, -0.2) is 26.2 Å². The number of carbonyl (C=O) groups excluding carboxylic acids is 1. The predicted molar refractivity (Wildman–Crippen MR) is 103 cm³/mol.